The Morgan fingerprint density at radius 3 is 2.30 bits per heavy atom. The van der Waals surface area contributed by atoms with Gasteiger partial charge in [0.15, 0.2) is 6.04 Å². The Balaban J connectivity index is 1.55. The average molecular weight is 409 g/mol. The van der Waals surface area contributed by atoms with Gasteiger partial charge in [0.25, 0.3) is 0 Å². The number of nitrogens with one attached hydrogen (secondary N) is 2. The molecule has 3 aromatic rings. The smallest absolute Gasteiger partial charge is 0.214 e. The average Bonchev–Trinajstić information content (AvgIpc) is 3.26. The zero-order valence-corrected chi connectivity index (χ0v) is 18.1. The lowest BCUT2D eigenvalue weighted by atomic mass is 10.0. The molecule has 1 aromatic heterocycles. The fourth-order valence-electron chi connectivity index (χ4n) is 4.40. The van der Waals surface area contributed by atoms with Crippen molar-refractivity contribution in [2.24, 2.45) is 0 Å². The maximum Gasteiger partial charge on any atom is 0.214 e. The number of hydrogen-bond donors (Lipinski definition) is 2. The van der Waals surface area contributed by atoms with Crippen molar-refractivity contribution in [2.45, 2.75) is 32.5 Å². The monoisotopic (exact) mass is 408 g/mol. The predicted molar refractivity (Wildman–Crippen MR) is 115 cm³/mol. The van der Waals surface area contributed by atoms with Gasteiger partial charge in [0.05, 0.1) is 13.2 Å². The second-order valence-electron chi connectivity index (χ2n) is 8.35. The first-order valence-corrected chi connectivity index (χ1v) is 10.8. The summed E-state index contributed by atoms with van der Waals surface area (Å²) in [6.45, 7) is 9.80. The normalized spacial score (nSPS) is 20.3. The maximum absolute atomic E-state index is 5.36. The van der Waals surface area contributed by atoms with Crippen molar-refractivity contribution in [1.82, 2.24) is 20.2 Å². The zero-order valence-electron chi connectivity index (χ0n) is 18.1. The van der Waals surface area contributed by atoms with Crippen LogP contribution in [0, 0.1) is 0 Å². The molecule has 0 unspecified atom stereocenters. The van der Waals surface area contributed by atoms with Gasteiger partial charge in [0, 0.05) is 11.1 Å². The molecule has 0 bridgehead atoms. The van der Waals surface area contributed by atoms with Gasteiger partial charge < -0.3 is 14.5 Å². The number of tetrazole rings is 1. The summed E-state index contributed by atoms with van der Waals surface area (Å²) < 4.78 is 7.33. The lowest BCUT2D eigenvalue weighted by Gasteiger charge is -2.34. The summed E-state index contributed by atoms with van der Waals surface area (Å²) in [5, 5.41) is 12.7. The molecule has 1 saturated heterocycles. The van der Waals surface area contributed by atoms with Gasteiger partial charge in [-0.3, -0.25) is 0 Å². The third-order valence-electron chi connectivity index (χ3n) is 6.02. The molecule has 0 amide bonds. The Hall–Kier alpha value is -2.77. The lowest BCUT2D eigenvalue weighted by molar-refractivity contribution is -1.03. The van der Waals surface area contributed by atoms with Gasteiger partial charge in [-0.25, -0.2) is 4.68 Å². The van der Waals surface area contributed by atoms with Crippen LogP contribution >= 0.6 is 0 Å². The number of methoxy groups -OCH3 is 1. The summed E-state index contributed by atoms with van der Waals surface area (Å²) in [5.74, 6) is 1.81. The highest BCUT2D eigenvalue weighted by atomic mass is 16.5. The number of rotatable bonds is 7. The molecule has 2 heterocycles. The molecular formula is C23H32N6O+2. The Morgan fingerprint density at radius 2 is 1.67 bits per heavy atom. The molecule has 4 rings (SSSR count). The second-order valence-corrected chi connectivity index (χ2v) is 8.35. The van der Waals surface area contributed by atoms with E-state index in [1.165, 1.54) is 16.0 Å². The molecule has 2 N–H and O–H groups in total. The van der Waals surface area contributed by atoms with Gasteiger partial charge in [0.2, 0.25) is 5.82 Å². The second kappa shape index (κ2) is 9.36. The molecule has 1 fully saturated rings. The summed E-state index contributed by atoms with van der Waals surface area (Å²) in [5.41, 5.74) is 2.64. The van der Waals surface area contributed by atoms with E-state index in [1.54, 1.807) is 12.0 Å². The zero-order chi connectivity index (χ0) is 20.9. The van der Waals surface area contributed by atoms with Crippen LogP contribution in [-0.2, 0) is 6.54 Å². The first-order valence-electron chi connectivity index (χ1n) is 10.8. The van der Waals surface area contributed by atoms with E-state index in [9.17, 15) is 0 Å². The topological polar surface area (TPSA) is 61.7 Å². The van der Waals surface area contributed by atoms with Crippen molar-refractivity contribution in [3.8, 4) is 5.75 Å². The van der Waals surface area contributed by atoms with Crippen LogP contribution in [0.15, 0.2) is 54.6 Å². The Kier molecular flexibility index (Phi) is 6.40. The van der Waals surface area contributed by atoms with Gasteiger partial charge in [-0.05, 0) is 48.5 Å². The van der Waals surface area contributed by atoms with Gasteiger partial charge >= 0.3 is 0 Å². The number of piperazine rings is 1. The fraction of sp³-hybridized carbons (Fsp3) is 0.435. The van der Waals surface area contributed by atoms with Crippen molar-refractivity contribution < 1.29 is 14.5 Å². The van der Waals surface area contributed by atoms with Crippen LogP contribution in [0.5, 0.6) is 5.75 Å². The molecule has 2 aromatic carbocycles. The first kappa shape index (κ1) is 20.5. The number of benzene rings is 2. The van der Waals surface area contributed by atoms with Gasteiger partial charge in [0.1, 0.15) is 38.5 Å². The summed E-state index contributed by atoms with van der Waals surface area (Å²) in [6.07, 6.45) is 0. The van der Waals surface area contributed by atoms with E-state index in [0.717, 1.165) is 44.3 Å². The third-order valence-corrected chi connectivity index (χ3v) is 6.02. The number of aromatic nitrogens is 4. The van der Waals surface area contributed by atoms with Crippen LogP contribution in [0.3, 0.4) is 0 Å². The van der Waals surface area contributed by atoms with Crippen molar-refractivity contribution >= 4 is 0 Å². The van der Waals surface area contributed by atoms with Crippen LogP contribution < -0.4 is 14.5 Å². The van der Waals surface area contributed by atoms with E-state index in [4.69, 9.17) is 4.74 Å². The standard InChI is InChI=1S/C23H30N6O/c1-18(2)29-23(24-25-26-29)22(20-9-11-21(30-3)12-10-20)28-15-13-27(14-16-28)17-19-7-5-4-6-8-19/h4-12,18,22H,13-17H2,1-3H3/p+2/t22-/m0/s1. The lowest BCUT2D eigenvalue weighted by Crippen LogP contribution is -3.27. The molecule has 0 radical (unpaired) electrons. The Bertz CT molecular complexity index is 916. The molecule has 1 aliphatic heterocycles. The van der Waals surface area contributed by atoms with Crippen molar-refractivity contribution in [1.29, 1.82) is 0 Å². The highest BCUT2D eigenvalue weighted by Crippen LogP contribution is 2.22. The van der Waals surface area contributed by atoms with E-state index >= 15 is 0 Å². The summed E-state index contributed by atoms with van der Waals surface area (Å²) in [4.78, 5) is 3.16. The summed E-state index contributed by atoms with van der Waals surface area (Å²) in [7, 11) is 1.70. The molecule has 7 heteroatoms. The molecule has 1 aliphatic rings. The van der Waals surface area contributed by atoms with E-state index in [1.807, 2.05) is 16.8 Å². The fourth-order valence-corrected chi connectivity index (χ4v) is 4.40. The summed E-state index contributed by atoms with van der Waals surface area (Å²) >= 11 is 0. The highest BCUT2D eigenvalue weighted by Gasteiger charge is 2.35. The molecular weight excluding hydrogens is 376 g/mol. The Labute approximate surface area is 178 Å². The number of ether oxygens (including phenoxy) is 1. The van der Waals surface area contributed by atoms with E-state index < -0.39 is 0 Å². The van der Waals surface area contributed by atoms with Gasteiger partial charge in [-0.2, -0.15) is 0 Å². The molecule has 0 saturated carbocycles. The van der Waals surface area contributed by atoms with Crippen molar-refractivity contribution in [3.05, 3.63) is 71.5 Å². The van der Waals surface area contributed by atoms with E-state index in [-0.39, 0.29) is 12.1 Å². The van der Waals surface area contributed by atoms with E-state index in [0.29, 0.717) is 0 Å². The number of quaternary nitrogens is 2. The minimum absolute atomic E-state index is 0.117. The van der Waals surface area contributed by atoms with Crippen LogP contribution in [0.1, 0.15) is 42.9 Å². The largest absolute Gasteiger partial charge is 0.497 e. The van der Waals surface area contributed by atoms with Crippen LogP contribution in [-0.4, -0.2) is 53.5 Å². The molecule has 1 atom stereocenters. The number of hydrogen-bond acceptors (Lipinski definition) is 4. The minimum atomic E-state index is 0.117. The maximum atomic E-state index is 5.36. The molecule has 158 valence electrons. The van der Waals surface area contributed by atoms with Crippen LogP contribution in [0.25, 0.3) is 0 Å². The number of nitrogens with zero attached hydrogens (tertiary/aromatic N) is 4. The van der Waals surface area contributed by atoms with Crippen molar-refractivity contribution in [2.75, 3.05) is 33.3 Å². The minimum Gasteiger partial charge on any atom is -0.497 e. The Morgan fingerprint density at radius 1 is 0.967 bits per heavy atom. The van der Waals surface area contributed by atoms with E-state index in [2.05, 4.69) is 71.8 Å². The van der Waals surface area contributed by atoms with Crippen molar-refractivity contribution in [3.63, 3.8) is 0 Å². The van der Waals surface area contributed by atoms with Crippen LogP contribution in [0.2, 0.25) is 0 Å². The molecule has 30 heavy (non-hydrogen) atoms. The quantitative estimate of drug-likeness (QED) is 0.592. The highest BCUT2D eigenvalue weighted by molar-refractivity contribution is 5.30. The van der Waals surface area contributed by atoms with Crippen LogP contribution in [0.4, 0.5) is 0 Å². The van der Waals surface area contributed by atoms with Gasteiger partial charge in [-0.15, -0.1) is 5.10 Å². The summed E-state index contributed by atoms with van der Waals surface area (Å²) in [6, 6.07) is 19.5. The predicted octanol–water partition coefficient (Wildman–Crippen LogP) is 0.336. The third kappa shape index (κ3) is 4.52. The first-order chi connectivity index (χ1) is 14.7. The SMILES string of the molecule is COc1ccc([C@@H](c2nnnn2C(C)C)[NH+]2CC[NH+](Cc3ccccc3)CC2)cc1. The molecule has 0 spiro atoms. The van der Waals surface area contributed by atoms with Gasteiger partial charge in [-0.1, -0.05) is 30.3 Å². The molecule has 0 aliphatic carbocycles. The molecule has 7 nitrogen and oxygen atoms in total.